The Morgan fingerprint density at radius 2 is 1.84 bits per heavy atom. The number of aryl methyl sites for hydroxylation is 1. The fourth-order valence-corrected chi connectivity index (χ4v) is 1.83. The van der Waals surface area contributed by atoms with Crippen molar-refractivity contribution in [3.8, 4) is 0 Å². The summed E-state index contributed by atoms with van der Waals surface area (Å²) in [5.74, 6) is 1.42. The van der Waals surface area contributed by atoms with Gasteiger partial charge in [-0.15, -0.1) is 0 Å². The molecule has 19 heavy (non-hydrogen) atoms. The second-order valence-corrected chi connectivity index (χ2v) is 5.80. The summed E-state index contributed by atoms with van der Waals surface area (Å²) in [4.78, 5) is 11.2. The summed E-state index contributed by atoms with van der Waals surface area (Å²) in [5, 5.41) is 0. The number of aromatic amines is 1. The number of hydrogen-bond acceptors (Lipinski definition) is 2. The molecule has 0 spiro atoms. The van der Waals surface area contributed by atoms with E-state index in [4.69, 9.17) is 0 Å². The third-order valence-corrected chi connectivity index (χ3v) is 2.56. The molecule has 2 aromatic rings. The monoisotopic (exact) mass is 262 g/mol. The Morgan fingerprint density at radius 3 is 2.26 bits per heavy atom. The average Bonchev–Trinajstić information content (AvgIpc) is 2.90. The predicted molar refractivity (Wildman–Crippen MR) is 78.9 cm³/mol. The number of aromatic nitrogens is 4. The van der Waals surface area contributed by atoms with Gasteiger partial charge in [0, 0.05) is 25.1 Å². The highest BCUT2D eigenvalue weighted by atomic mass is 15.0. The van der Waals surface area contributed by atoms with Gasteiger partial charge in [0.25, 0.3) is 0 Å². The number of hydrogen-bond donors (Lipinski definition) is 1. The molecule has 2 heterocycles. The summed E-state index contributed by atoms with van der Waals surface area (Å²) in [7, 11) is 2.00. The van der Waals surface area contributed by atoms with Crippen LogP contribution in [0.5, 0.6) is 0 Å². The smallest absolute Gasteiger partial charge is 0.0946 e. The van der Waals surface area contributed by atoms with Crippen LogP contribution in [0.2, 0.25) is 0 Å². The maximum atomic E-state index is 4.22. The molecule has 0 saturated heterocycles. The normalized spacial score (nSPS) is 10.7. The zero-order valence-electron chi connectivity index (χ0n) is 12.7. The van der Waals surface area contributed by atoms with Gasteiger partial charge in [-0.3, -0.25) is 0 Å². The van der Waals surface area contributed by atoms with Crippen molar-refractivity contribution in [1.29, 1.82) is 0 Å². The number of nitrogens with zero attached hydrogens (tertiary/aromatic N) is 3. The lowest BCUT2D eigenvalue weighted by molar-refractivity contribution is 0.637. The topological polar surface area (TPSA) is 46.5 Å². The highest BCUT2D eigenvalue weighted by Crippen LogP contribution is 2.03. The molecule has 0 aliphatic rings. The predicted octanol–water partition coefficient (Wildman–Crippen LogP) is 3.23. The van der Waals surface area contributed by atoms with Gasteiger partial charge in [0.2, 0.25) is 0 Å². The highest BCUT2D eigenvalue weighted by molar-refractivity contribution is 4.96. The molecule has 2 aromatic heterocycles. The van der Waals surface area contributed by atoms with Crippen LogP contribution >= 0.6 is 0 Å². The second-order valence-electron chi connectivity index (χ2n) is 5.80. The van der Waals surface area contributed by atoms with E-state index in [0.29, 0.717) is 11.8 Å². The lowest BCUT2D eigenvalue weighted by atomic mass is 10.1. The van der Waals surface area contributed by atoms with Crippen molar-refractivity contribution in [2.24, 2.45) is 18.9 Å². The van der Waals surface area contributed by atoms with Gasteiger partial charge in [-0.1, -0.05) is 27.7 Å². The molecular formula is C15H26N4. The second kappa shape index (κ2) is 7.77. The van der Waals surface area contributed by atoms with Crippen LogP contribution in [-0.4, -0.2) is 19.5 Å². The van der Waals surface area contributed by atoms with Crippen LogP contribution in [-0.2, 0) is 19.9 Å². The molecule has 1 N–H and O–H groups in total. The summed E-state index contributed by atoms with van der Waals surface area (Å²) in [6.45, 7) is 8.80. The number of imidazole rings is 2. The van der Waals surface area contributed by atoms with Crippen molar-refractivity contribution in [1.82, 2.24) is 19.5 Å². The molecule has 4 heteroatoms. The fourth-order valence-electron chi connectivity index (χ4n) is 1.83. The Kier molecular flexibility index (Phi) is 6.33. The average molecular weight is 262 g/mol. The van der Waals surface area contributed by atoms with E-state index >= 15 is 0 Å². The van der Waals surface area contributed by atoms with Gasteiger partial charge in [0.1, 0.15) is 0 Å². The van der Waals surface area contributed by atoms with E-state index in [9.17, 15) is 0 Å². The lowest BCUT2D eigenvalue weighted by Gasteiger charge is -1.98. The first-order chi connectivity index (χ1) is 8.97. The van der Waals surface area contributed by atoms with Crippen LogP contribution in [0.4, 0.5) is 0 Å². The third kappa shape index (κ3) is 6.79. The van der Waals surface area contributed by atoms with E-state index in [1.807, 2.05) is 24.1 Å². The van der Waals surface area contributed by atoms with Crippen LogP contribution in [0.25, 0.3) is 0 Å². The van der Waals surface area contributed by atoms with Crippen LogP contribution in [0.1, 0.15) is 39.1 Å². The van der Waals surface area contributed by atoms with E-state index in [-0.39, 0.29) is 0 Å². The zero-order chi connectivity index (χ0) is 14.3. The zero-order valence-corrected chi connectivity index (χ0v) is 12.7. The maximum absolute atomic E-state index is 4.22. The molecule has 0 aromatic carbocycles. The molecule has 0 amide bonds. The Morgan fingerprint density at radius 1 is 1.16 bits per heavy atom. The first-order valence-corrected chi connectivity index (χ1v) is 6.91. The minimum Gasteiger partial charge on any atom is -0.348 e. The van der Waals surface area contributed by atoms with Gasteiger partial charge in [-0.25, -0.2) is 9.97 Å². The molecule has 2 rings (SSSR count). The molecule has 0 atom stereocenters. The van der Waals surface area contributed by atoms with E-state index in [1.165, 1.54) is 11.4 Å². The van der Waals surface area contributed by atoms with Gasteiger partial charge < -0.3 is 9.55 Å². The number of rotatable bonds is 4. The molecule has 0 aliphatic heterocycles. The van der Waals surface area contributed by atoms with Crippen LogP contribution < -0.4 is 0 Å². The molecule has 0 radical (unpaired) electrons. The Labute approximate surface area is 116 Å². The van der Waals surface area contributed by atoms with Gasteiger partial charge in [-0.05, 0) is 24.7 Å². The van der Waals surface area contributed by atoms with E-state index in [0.717, 1.165) is 12.8 Å². The van der Waals surface area contributed by atoms with Gasteiger partial charge >= 0.3 is 0 Å². The Balaban J connectivity index is 0.000000191. The maximum Gasteiger partial charge on any atom is 0.0946 e. The van der Waals surface area contributed by atoms with Gasteiger partial charge in [-0.2, -0.15) is 0 Å². The standard InChI is InChI=1S/C8H14N2.C7H12N2/c1-7(2)4-8-5-10(3)6-9-8;1-6(2)3-7-4-8-5-9-7/h5-7H,4H2,1-3H3;4-6H,3H2,1-2H3,(H,8,9). The summed E-state index contributed by atoms with van der Waals surface area (Å²) < 4.78 is 1.98. The summed E-state index contributed by atoms with van der Waals surface area (Å²) in [6.07, 6.45) is 9.69. The fraction of sp³-hybridized carbons (Fsp3) is 0.600. The van der Waals surface area contributed by atoms with Crippen molar-refractivity contribution in [3.63, 3.8) is 0 Å². The Hall–Kier alpha value is -1.58. The van der Waals surface area contributed by atoms with Crippen molar-refractivity contribution < 1.29 is 0 Å². The quantitative estimate of drug-likeness (QED) is 0.919. The molecule has 4 nitrogen and oxygen atoms in total. The van der Waals surface area contributed by atoms with Crippen molar-refractivity contribution in [2.75, 3.05) is 0 Å². The van der Waals surface area contributed by atoms with Crippen molar-refractivity contribution in [2.45, 2.75) is 40.5 Å². The molecule has 0 aliphatic carbocycles. The van der Waals surface area contributed by atoms with Crippen molar-refractivity contribution in [3.05, 3.63) is 36.4 Å². The summed E-state index contributed by atoms with van der Waals surface area (Å²) >= 11 is 0. The van der Waals surface area contributed by atoms with Gasteiger partial charge in [0.15, 0.2) is 0 Å². The van der Waals surface area contributed by atoms with Crippen LogP contribution in [0.3, 0.4) is 0 Å². The van der Waals surface area contributed by atoms with E-state index < -0.39 is 0 Å². The Bertz CT molecular complexity index is 440. The molecular weight excluding hydrogens is 236 g/mol. The van der Waals surface area contributed by atoms with Crippen LogP contribution in [0, 0.1) is 11.8 Å². The highest BCUT2D eigenvalue weighted by Gasteiger charge is 1.98. The molecule has 0 fully saturated rings. The SMILES string of the molecule is CC(C)Cc1cn(C)cn1.CC(C)Cc1cnc[nH]1. The molecule has 0 bridgehead atoms. The van der Waals surface area contributed by atoms with Crippen molar-refractivity contribution >= 4 is 0 Å². The minimum absolute atomic E-state index is 0.704. The summed E-state index contributed by atoms with van der Waals surface area (Å²) in [5.41, 5.74) is 2.42. The van der Waals surface area contributed by atoms with Gasteiger partial charge in [0.05, 0.1) is 18.3 Å². The molecule has 106 valence electrons. The first kappa shape index (κ1) is 15.5. The molecule has 0 unspecified atom stereocenters. The van der Waals surface area contributed by atoms with E-state index in [1.54, 1.807) is 6.33 Å². The third-order valence-electron chi connectivity index (χ3n) is 2.56. The van der Waals surface area contributed by atoms with Crippen LogP contribution in [0.15, 0.2) is 25.0 Å². The summed E-state index contributed by atoms with van der Waals surface area (Å²) in [6, 6.07) is 0. The number of H-pyrrole nitrogens is 1. The lowest BCUT2D eigenvalue weighted by Crippen LogP contribution is -1.93. The molecule has 0 saturated carbocycles. The number of nitrogens with one attached hydrogen (secondary N) is 1. The minimum atomic E-state index is 0.704. The largest absolute Gasteiger partial charge is 0.348 e. The van der Waals surface area contributed by atoms with E-state index in [2.05, 4.69) is 48.8 Å². The first-order valence-electron chi connectivity index (χ1n) is 6.91.